The largest absolute Gasteiger partial charge is 0.348 e. The monoisotopic (exact) mass is 249 g/mol. The van der Waals surface area contributed by atoms with Crippen molar-refractivity contribution >= 4 is 5.78 Å². The maximum absolute atomic E-state index is 12.2. The third kappa shape index (κ3) is 3.00. The molecule has 2 rings (SSSR count). The number of carbonyl (C=O) groups excluding carboxylic acids is 1. The highest BCUT2D eigenvalue weighted by Crippen LogP contribution is 2.18. The molecule has 1 aromatic rings. The average molecular weight is 249 g/mol. The minimum atomic E-state index is 0.230. The molecular weight excluding hydrogens is 226 g/mol. The van der Waals surface area contributed by atoms with Crippen LogP contribution in [0.3, 0.4) is 0 Å². The number of aryl methyl sites for hydroxylation is 1. The average Bonchev–Trinajstić information content (AvgIpc) is 2.88. The standard InChI is InChI=1S/C14H23N3O/c1-15(2)10-12-6-4-9-17(12)11-14(18)13-7-5-8-16(13)3/h5,7-8,12H,4,6,9-11H2,1-3H3. The Labute approximate surface area is 109 Å². The second-order valence-corrected chi connectivity index (χ2v) is 5.46. The lowest BCUT2D eigenvalue weighted by Gasteiger charge is -2.26. The highest BCUT2D eigenvalue weighted by Gasteiger charge is 2.27. The molecule has 4 heteroatoms. The number of carbonyl (C=O) groups is 1. The fourth-order valence-corrected chi connectivity index (χ4v) is 2.75. The Morgan fingerprint density at radius 3 is 2.89 bits per heavy atom. The first-order valence-corrected chi connectivity index (χ1v) is 6.61. The molecule has 0 aliphatic carbocycles. The van der Waals surface area contributed by atoms with Gasteiger partial charge in [0.2, 0.25) is 0 Å². The van der Waals surface area contributed by atoms with E-state index in [9.17, 15) is 4.79 Å². The SMILES string of the molecule is CN(C)CC1CCCN1CC(=O)c1cccn1C. The lowest BCUT2D eigenvalue weighted by atomic mass is 10.2. The number of hydrogen-bond donors (Lipinski definition) is 0. The molecule has 4 nitrogen and oxygen atoms in total. The summed E-state index contributed by atoms with van der Waals surface area (Å²) in [6, 6.07) is 4.36. The molecule has 18 heavy (non-hydrogen) atoms. The van der Waals surface area contributed by atoms with Crippen molar-refractivity contribution in [2.24, 2.45) is 7.05 Å². The summed E-state index contributed by atoms with van der Waals surface area (Å²) in [7, 11) is 6.11. The number of Topliss-reactive ketones (excluding diaryl/α,β-unsaturated/α-hetero) is 1. The van der Waals surface area contributed by atoms with Crippen LogP contribution < -0.4 is 0 Å². The molecule has 1 saturated heterocycles. The van der Waals surface area contributed by atoms with Crippen LogP contribution in [0.5, 0.6) is 0 Å². The summed E-state index contributed by atoms with van der Waals surface area (Å²) in [6.45, 7) is 2.64. The highest BCUT2D eigenvalue weighted by molar-refractivity contribution is 5.96. The molecule has 0 saturated carbocycles. The van der Waals surface area contributed by atoms with Crippen LogP contribution >= 0.6 is 0 Å². The number of ketones is 1. The van der Waals surface area contributed by atoms with Crippen molar-refractivity contribution in [1.29, 1.82) is 0 Å². The van der Waals surface area contributed by atoms with Gasteiger partial charge < -0.3 is 9.47 Å². The van der Waals surface area contributed by atoms with Crippen molar-refractivity contribution in [3.8, 4) is 0 Å². The van der Waals surface area contributed by atoms with Gasteiger partial charge in [-0.05, 0) is 45.6 Å². The molecule has 1 atom stereocenters. The molecule has 1 aromatic heterocycles. The number of nitrogens with zero attached hydrogens (tertiary/aromatic N) is 3. The van der Waals surface area contributed by atoms with Crippen LogP contribution in [0.15, 0.2) is 18.3 Å². The fraction of sp³-hybridized carbons (Fsp3) is 0.643. The van der Waals surface area contributed by atoms with Crippen molar-refractivity contribution < 1.29 is 4.79 Å². The molecule has 0 spiro atoms. The molecule has 1 aliphatic heterocycles. The number of likely N-dealkylation sites (N-methyl/N-ethyl adjacent to an activating group) is 1. The predicted octanol–water partition coefficient (Wildman–Crippen LogP) is 1.23. The van der Waals surface area contributed by atoms with E-state index < -0.39 is 0 Å². The third-order valence-electron chi connectivity index (χ3n) is 3.65. The molecule has 0 radical (unpaired) electrons. The van der Waals surface area contributed by atoms with E-state index in [-0.39, 0.29) is 5.78 Å². The summed E-state index contributed by atoms with van der Waals surface area (Å²) < 4.78 is 1.90. The van der Waals surface area contributed by atoms with Gasteiger partial charge in [-0.15, -0.1) is 0 Å². The van der Waals surface area contributed by atoms with Crippen LogP contribution in [0.25, 0.3) is 0 Å². The smallest absolute Gasteiger partial charge is 0.193 e. The van der Waals surface area contributed by atoms with E-state index in [0.717, 1.165) is 18.8 Å². The molecule has 2 heterocycles. The highest BCUT2D eigenvalue weighted by atomic mass is 16.1. The minimum Gasteiger partial charge on any atom is -0.348 e. The number of hydrogen-bond acceptors (Lipinski definition) is 3. The van der Waals surface area contributed by atoms with Gasteiger partial charge in [0.05, 0.1) is 12.2 Å². The topological polar surface area (TPSA) is 28.5 Å². The summed E-state index contributed by atoms with van der Waals surface area (Å²) >= 11 is 0. The van der Waals surface area contributed by atoms with Crippen LogP contribution in [-0.4, -0.2) is 59.9 Å². The van der Waals surface area contributed by atoms with Crippen molar-refractivity contribution in [2.45, 2.75) is 18.9 Å². The van der Waals surface area contributed by atoms with Crippen molar-refractivity contribution in [3.05, 3.63) is 24.0 Å². The van der Waals surface area contributed by atoms with Gasteiger partial charge in [-0.25, -0.2) is 0 Å². The normalized spacial score (nSPS) is 20.8. The molecule has 0 bridgehead atoms. The Morgan fingerprint density at radius 2 is 2.28 bits per heavy atom. The van der Waals surface area contributed by atoms with Gasteiger partial charge in [-0.3, -0.25) is 9.69 Å². The minimum absolute atomic E-state index is 0.230. The van der Waals surface area contributed by atoms with E-state index >= 15 is 0 Å². The van der Waals surface area contributed by atoms with Gasteiger partial charge in [0, 0.05) is 25.8 Å². The quantitative estimate of drug-likeness (QED) is 0.735. The maximum atomic E-state index is 12.2. The van der Waals surface area contributed by atoms with Gasteiger partial charge in [-0.2, -0.15) is 0 Å². The first kappa shape index (κ1) is 13.3. The van der Waals surface area contributed by atoms with E-state index in [1.54, 1.807) is 0 Å². The van der Waals surface area contributed by atoms with Gasteiger partial charge in [0.25, 0.3) is 0 Å². The van der Waals surface area contributed by atoms with Crippen LogP contribution in [-0.2, 0) is 7.05 Å². The predicted molar refractivity (Wildman–Crippen MR) is 72.9 cm³/mol. The van der Waals surface area contributed by atoms with Crippen LogP contribution in [0.4, 0.5) is 0 Å². The Morgan fingerprint density at radius 1 is 1.50 bits per heavy atom. The zero-order chi connectivity index (χ0) is 13.1. The zero-order valence-electron chi connectivity index (χ0n) is 11.6. The van der Waals surface area contributed by atoms with E-state index in [1.807, 2.05) is 29.9 Å². The van der Waals surface area contributed by atoms with Crippen molar-refractivity contribution in [1.82, 2.24) is 14.4 Å². The maximum Gasteiger partial charge on any atom is 0.193 e. The van der Waals surface area contributed by atoms with E-state index in [1.165, 1.54) is 12.8 Å². The first-order valence-electron chi connectivity index (χ1n) is 6.61. The van der Waals surface area contributed by atoms with Gasteiger partial charge in [0.15, 0.2) is 5.78 Å². The molecule has 0 amide bonds. The molecule has 0 aromatic carbocycles. The van der Waals surface area contributed by atoms with Crippen LogP contribution in [0, 0.1) is 0 Å². The second-order valence-electron chi connectivity index (χ2n) is 5.46. The summed E-state index contributed by atoms with van der Waals surface area (Å²) in [5.41, 5.74) is 0.811. The lowest BCUT2D eigenvalue weighted by Crippen LogP contribution is -2.40. The molecule has 1 unspecified atom stereocenters. The number of rotatable bonds is 5. The Balaban J connectivity index is 1.96. The van der Waals surface area contributed by atoms with Gasteiger partial charge in [0.1, 0.15) is 0 Å². The van der Waals surface area contributed by atoms with Crippen LogP contribution in [0.1, 0.15) is 23.3 Å². The molecule has 0 N–H and O–H groups in total. The third-order valence-corrected chi connectivity index (χ3v) is 3.65. The van der Waals surface area contributed by atoms with E-state index in [4.69, 9.17) is 0 Å². The first-order chi connectivity index (χ1) is 8.58. The van der Waals surface area contributed by atoms with E-state index in [2.05, 4.69) is 23.9 Å². The number of likely N-dealkylation sites (tertiary alicyclic amines) is 1. The molecule has 1 aliphatic rings. The Kier molecular flexibility index (Phi) is 4.19. The zero-order valence-corrected chi connectivity index (χ0v) is 11.6. The van der Waals surface area contributed by atoms with Gasteiger partial charge >= 0.3 is 0 Å². The molecular formula is C14H23N3O. The number of aromatic nitrogens is 1. The summed E-state index contributed by atoms with van der Waals surface area (Å²) in [5.74, 6) is 0.230. The van der Waals surface area contributed by atoms with Crippen molar-refractivity contribution in [2.75, 3.05) is 33.7 Å². The van der Waals surface area contributed by atoms with Gasteiger partial charge in [-0.1, -0.05) is 0 Å². The fourth-order valence-electron chi connectivity index (χ4n) is 2.75. The van der Waals surface area contributed by atoms with E-state index in [0.29, 0.717) is 12.6 Å². The molecule has 1 fully saturated rings. The summed E-state index contributed by atoms with van der Waals surface area (Å²) in [5, 5.41) is 0. The second kappa shape index (κ2) is 5.67. The summed E-state index contributed by atoms with van der Waals surface area (Å²) in [4.78, 5) is 16.8. The lowest BCUT2D eigenvalue weighted by molar-refractivity contribution is 0.0902. The molecule has 100 valence electrons. The van der Waals surface area contributed by atoms with Crippen molar-refractivity contribution in [3.63, 3.8) is 0 Å². The van der Waals surface area contributed by atoms with Crippen LogP contribution in [0.2, 0.25) is 0 Å². The Bertz CT molecular complexity index is 411. The Hall–Kier alpha value is -1.13. The summed E-state index contributed by atoms with van der Waals surface area (Å²) in [6.07, 6.45) is 4.34.